The molecule has 1 rings (SSSR count). The van der Waals surface area contributed by atoms with Crippen LogP contribution < -0.4 is 0 Å². The second-order valence-electron chi connectivity index (χ2n) is 2.30. The van der Waals surface area contributed by atoms with Crippen molar-refractivity contribution in [2.24, 2.45) is 0 Å². The first-order valence-electron chi connectivity index (χ1n) is 3.46. The largest absolute Gasteiger partial charge is 0.344 e. The SMILES string of the molecule is CC(CCl)Sc1ncc([N+](=O)[O-])s1. The van der Waals surface area contributed by atoms with E-state index < -0.39 is 4.92 Å². The third-order valence-electron chi connectivity index (χ3n) is 1.17. The van der Waals surface area contributed by atoms with Crippen molar-refractivity contribution in [3.63, 3.8) is 0 Å². The Morgan fingerprint density at radius 3 is 3.08 bits per heavy atom. The number of hydrogen-bond acceptors (Lipinski definition) is 5. The smallest absolute Gasteiger partial charge is 0.257 e. The molecule has 0 aliphatic carbocycles. The molecule has 0 bridgehead atoms. The van der Waals surface area contributed by atoms with Crippen LogP contribution in [0.2, 0.25) is 0 Å². The molecule has 0 fully saturated rings. The Kier molecular flexibility index (Phi) is 3.95. The summed E-state index contributed by atoms with van der Waals surface area (Å²) < 4.78 is 0.694. The van der Waals surface area contributed by atoms with Gasteiger partial charge in [-0.05, 0) is 11.3 Å². The normalized spacial score (nSPS) is 12.8. The van der Waals surface area contributed by atoms with Gasteiger partial charge in [-0.15, -0.1) is 11.6 Å². The molecule has 0 aromatic carbocycles. The average Bonchev–Trinajstić information content (AvgIpc) is 2.52. The van der Waals surface area contributed by atoms with E-state index in [0.29, 0.717) is 10.2 Å². The fourth-order valence-electron chi connectivity index (χ4n) is 0.593. The van der Waals surface area contributed by atoms with E-state index in [9.17, 15) is 10.1 Å². The van der Waals surface area contributed by atoms with Gasteiger partial charge in [0.25, 0.3) is 0 Å². The van der Waals surface area contributed by atoms with Gasteiger partial charge in [-0.25, -0.2) is 4.98 Å². The fourth-order valence-corrected chi connectivity index (χ4v) is 2.71. The van der Waals surface area contributed by atoms with Gasteiger partial charge in [0.1, 0.15) is 6.20 Å². The molecule has 4 nitrogen and oxygen atoms in total. The van der Waals surface area contributed by atoms with Crippen molar-refractivity contribution in [1.82, 2.24) is 4.98 Å². The predicted molar refractivity (Wildman–Crippen MR) is 54.8 cm³/mol. The lowest BCUT2D eigenvalue weighted by Crippen LogP contribution is -1.95. The lowest BCUT2D eigenvalue weighted by molar-refractivity contribution is -0.380. The van der Waals surface area contributed by atoms with Crippen LogP contribution in [0.1, 0.15) is 6.92 Å². The summed E-state index contributed by atoms with van der Waals surface area (Å²) in [4.78, 5) is 13.8. The molecule has 0 radical (unpaired) electrons. The minimum atomic E-state index is -0.437. The van der Waals surface area contributed by atoms with Crippen LogP contribution in [0.5, 0.6) is 0 Å². The molecule has 72 valence electrons. The number of thiazole rings is 1. The van der Waals surface area contributed by atoms with Crippen molar-refractivity contribution in [3.05, 3.63) is 16.3 Å². The van der Waals surface area contributed by atoms with Crippen molar-refractivity contribution in [3.8, 4) is 0 Å². The van der Waals surface area contributed by atoms with Crippen molar-refractivity contribution < 1.29 is 4.92 Å². The van der Waals surface area contributed by atoms with Crippen LogP contribution in [0.25, 0.3) is 0 Å². The minimum absolute atomic E-state index is 0.0734. The molecule has 1 atom stereocenters. The molecule has 0 N–H and O–H groups in total. The first-order valence-corrected chi connectivity index (χ1v) is 5.69. The predicted octanol–water partition coefficient (Wildman–Crippen LogP) is 2.77. The standard InChI is InChI=1S/C6H7ClN2O2S2/c1-4(2-7)12-6-8-3-5(13-6)9(10)11/h3-4H,2H2,1H3. The molecule has 0 saturated carbocycles. The summed E-state index contributed by atoms with van der Waals surface area (Å²) in [6.45, 7) is 1.95. The lowest BCUT2D eigenvalue weighted by atomic mass is 10.6. The van der Waals surface area contributed by atoms with Crippen molar-refractivity contribution >= 4 is 39.7 Å². The van der Waals surface area contributed by atoms with Crippen LogP contribution in [0.3, 0.4) is 0 Å². The Bertz CT molecular complexity index is 305. The van der Waals surface area contributed by atoms with Crippen LogP contribution >= 0.6 is 34.7 Å². The molecule has 1 unspecified atom stereocenters. The maximum absolute atomic E-state index is 10.3. The third kappa shape index (κ3) is 3.13. The van der Waals surface area contributed by atoms with Crippen molar-refractivity contribution in [2.75, 3.05) is 5.88 Å². The molecular weight excluding hydrogens is 232 g/mol. The molecule has 0 aliphatic heterocycles. The third-order valence-corrected chi connectivity index (χ3v) is 3.98. The molecule has 0 amide bonds. The van der Waals surface area contributed by atoms with Crippen molar-refractivity contribution in [2.45, 2.75) is 16.5 Å². The molecular formula is C6H7ClN2O2S2. The molecule has 7 heteroatoms. The summed E-state index contributed by atoms with van der Waals surface area (Å²) in [6.07, 6.45) is 1.27. The highest BCUT2D eigenvalue weighted by Crippen LogP contribution is 2.31. The van der Waals surface area contributed by atoms with Crippen LogP contribution in [0.4, 0.5) is 5.00 Å². The van der Waals surface area contributed by atoms with E-state index in [-0.39, 0.29) is 10.3 Å². The Hall–Kier alpha value is -0.330. The highest BCUT2D eigenvalue weighted by molar-refractivity contribution is 8.01. The Balaban J connectivity index is 2.64. The van der Waals surface area contributed by atoms with Gasteiger partial charge in [0.2, 0.25) is 0 Å². The summed E-state index contributed by atoms with van der Waals surface area (Å²) in [5.41, 5.74) is 0. The zero-order chi connectivity index (χ0) is 9.84. The number of aromatic nitrogens is 1. The monoisotopic (exact) mass is 238 g/mol. The summed E-state index contributed by atoms with van der Waals surface area (Å²) >= 11 is 8.13. The van der Waals surface area contributed by atoms with Gasteiger partial charge in [-0.1, -0.05) is 18.7 Å². The van der Waals surface area contributed by atoms with Gasteiger partial charge in [0, 0.05) is 11.1 Å². The van der Waals surface area contributed by atoms with Crippen LogP contribution in [-0.4, -0.2) is 21.0 Å². The molecule has 1 heterocycles. The highest BCUT2D eigenvalue weighted by Gasteiger charge is 2.13. The number of nitrogens with zero attached hydrogens (tertiary/aromatic N) is 2. The maximum atomic E-state index is 10.3. The van der Waals surface area contributed by atoms with Crippen molar-refractivity contribution in [1.29, 1.82) is 0 Å². The molecule has 0 spiro atoms. The van der Waals surface area contributed by atoms with Gasteiger partial charge in [0.05, 0.1) is 4.92 Å². The molecule has 0 saturated heterocycles. The zero-order valence-corrected chi connectivity index (χ0v) is 9.16. The number of hydrogen-bond donors (Lipinski definition) is 0. The second-order valence-corrected chi connectivity index (χ2v) is 5.31. The van der Waals surface area contributed by atoms with Gasteiger partial charge in [-0.2, -0.15) is 0 Å². The average molecular weight is 239 g/mol. The van der Waals surface area contributed by atoms with E-state index in [4.69, 9.17) is 11.6 Å². The van der Waals surface area contributed by atoms with Crippen LogP contribution in [0.15, 0.2) is 10.5 Å². The summed E-state index contributed by atoms with van der Waals surface area (Å²) in [5.74, 6) is 0.512. The number of nitro groups is 1. The fraction of sp³-hybridized carbons (Fsp3) is 0.500. The summed E-state index contributed by atoms with van der Waals surface area (Å²) in [7, 11) is 0. The topological polar surface area (TPSA) is 56.0 Å². The minimum Gasteiger partial charge on any atom is -0.257 e. The number of halogens is 1. The number of alkyl halides is 1. The molecule has 1 aromatic heterocycles. The second kappa shape index (κ2) is 4.78. The number of rotatable bonds is 4. The Morgan fingerprint density at radius 2 is 2.62 bits per heavy atom. The molecule has 0 aliphatic rings. The van der Waals surface area contributed by atoms with Gasteiger partial charge in [-0.3, -0.25) is 10.1 Å². The zero-order valence-electron chi connectivity index (χ0n) is 6.77. The van der Waals surface area contributed by atoms with Crippen LogP contribution in [-0.2, 0) is 0 Å². The van der Waals surface area contributed by atoms with Gasteiger partial charge in [0.15, 0.2) is 4.34 Å². The Morgan fingerprint density at radius 1 is 1.92 bits per heavy atom. The lowest BCUT2D eigenvalue weighted by Gasteiger charge is -2.01. The summed E-state index contributed by atoms with van der Waals surface area (Å²) in [5, 5.41) is 10.6. The highest BCUT2D eigenvalue weighted by atomic mass is 35.5. The quantitative estimate of drug-likeness (QED) is 0.350. The first kappa shape index (κ1) is 10.7. The van der Waals surface area contributed by atoms with E-state index in [2.05, 4.69) is 4.98 Å². The van der Waals surface area contributed by atoms with Gasteiger partial charge >= 0.3 is 5.00 Å². The molecule has 1 aromatic rings. The van der Waals surface area contributed by atoms with E-state index in [0.717, 1.165) is 11.3 Å². The number of thioether (sulfide) groups is 1. The summed E-state index contributed by atoms with van der Waals surface area (Å²) in [6, 6.07) is 0. The van der Waals surface area contributed by atoms with Gasteiger partial charge < -0.3 is 0 Å². The first-order chi connectivity index (χ1) is 6.13. The Labute approximate surface area is 88.5 Å². The van der Waals surface area contributed by atoms with E-state index >= 15 is 0 Å². The maximum Gasteiger partial charge on any atom is 0.344 e. The van der Waals surface area contributed by atoms with Crippen LogP contribution in [0, 0.1) is 10.1 Å². The van der Waals surface area contributed by atoms with E-state index in [1.807, 2.05) is 6.92 Å². The van der Waals surface area contributed by atoms with E-state index in [1.165, 1.54) is 18.0 Å². The van der Waals surface area contributed by atoms with E-state index in [1.54, 1.807) is 0 Å². The molecule has 13 heavy (non-hydrogen) atoms.